The molecule has 1 heterocycles. The fraction of sp³-hybridized carbons (Fsp3) is 0.308. The summed E-state index contributed by atoms with van der Waals surface area (Å²) in [5.74, 6) is 3.27. The summed E-state index contributed by atoms with van der Waals surface area (Å²) in [5.41, 5.74) is 3.21. The van der Waals surface area contributed by atoms with Gasteiger partial charge in [-0.3, -0.25) is 23.7 Å². The van der Waals surface area contributed by atoms with Crippen molar-refractivity contribution < 1.29 is 36.9 Å². The van der Waals surface area contributed by atoms with Gasteiger partial charge in [-0.1, -0.05) is 42.2 Å². The van der Waals surface area contributed by atoms with Gasteiger partial charge in [0.25, 0.3) is 10.1 Å². The third-order valence-corrected chi connectivity index (χ3v) is 7.18. The van der Waals surface area contributed by atoms with Crippen LogP contribution in [0.5, 0.6) is 0 Å². The average molecular weight is 510 g/mol. The number of rotatable bonds is 7. The van der Waals surface area contributed by atoms with Gasteiger partial charge in [-0.15, -0.1) is 0 Å². The number of hydrogen-bond acceptors (Lipinski definition) is 7. The van der Waals surface area contributed by atoms with Gasteiger partial charge in [0, 0.05) is 30.4 Å². The van der Waals surface area contributed by atoms with Crippen LogP contribution in [0.2, 0.25) is 0 Å². The maximum absolute atomic E-state index is 13.2. The minimum absolute atomic E-state index is 0.142. The van der Waals surface area contributed by atoms with Crippen LogP contribution >= 0.6 is 0 Å². The lowest BCUT2D eigenvalue weighted by atomic mass is 10.0. The molecule has 2 unspecified atom stereocenters. The Hall–Kier alpha value is -3.81. The van der Waals surface area contributed by atoms with Crippen LogP contribution in [0.25, 0.3) is 0 Å². The van der Waals surface area contributed by atoms with Crippen molar-refractivity contribution in [3.05, 3.63) is 65.2 Å². The predicted octanol–water partition coefficient (Wildman–Crippen LogP) is 2.20. The van der Waals surface area contributed by atoms with E-state index in [1.165, 1.54) is 0 Å². The highest BCUT2D eigenvalue weighted by Crippen LogP contribution is 2.26. The summed E-state index contributed by atoms with van der Waals surface area (Å²) >= 11 is 0. The number of fused-ring (bicyclic) bond motifs is 2. The zero-order valence-corrected chi connectivity index (χ0v) is 20.0. The highest BCUT2D eigenvalue weighted by atomic mass is 32.2. The van der Waals surface area contributed by atoms with Crippen molar-refractivity contribution in [3.63, 3.8) is 0 Å². The number of para-hydroxylation sites is 1. The lowest BCUT2D eigenvalue weighted by Crippen LogP contribution is -2.33. The Morgan fingerprint density at radius 1 is 0.972 bits per heavy atom. The molecule has 186 valence electrons. The first-order valence-corrected chi connectivity index (χ1v) is 12.9. The normalized spacial score (nSPS) is 18.9. The smallest absolute Gasteiger partial charge is 0.306 e. The van der Waals surface area contributed by atoms with Crippen molar-refractivity contribution in [1.29, 1.82) is 0 Å². The van der Waals surface area contributed by atoms with E-state index in [2.05, 4.69) is 11.8 Å². The van der Waals surface area contributed by atoms with Crippen LogP contribution in [0.1, 0.15) is 48.8 Å². The van der Waals surface area contributed by atoms with Crippen molar-refractivity contribution in [1.82, 2.24) is 0 Å². The summed E-state index contributed by atoms with van der Waals surface area (Å²) in [6.07, 6.45) is -1.97. The molecule has 1 fully saturated rings. The Kier molecular flexibility index (Phi) is 7.33. The zero-order valence-electron chi connectivity index (χ0n) is 19.2. The molecule has 4 rings (SSSR count). The number of benzene rings is 2. The van der Waals surface area contributed by atoms with Crippen molar-refractivity contribution in [2.24, 2.45) is 0 Å². The monoisotopic (exact) mass is 509 g/mol. The summed E-state index contributed by atoms with van der Waals surface area (Å²) in [7, 11) is -4.75. The molecular formula is C26H23NO8S. The van der Waals surface area contributed by atoms with Gasteiger partial charge in [0.1, 0.15) is 0 Å². The summed E-state index contributed by atoms with van der Waals surface area (Å²) < 4.78 is 36.4. The number of carbonyl (C=O) groups excluding carboxylic acids is 4. The van der Waals surface area contributed by atoms with E-state index in [-0.39, 0.29) is 25.2 Å². The molecule has 0 radical (unpaired) electrons. The van der Waals surface area contributed by atoms with Crippen LogP contribution < -0.4 is 4.90 Å². The summed E-state index contributed by atoms with van der Waals surface area (Å²) in [6, 6.07) is 15.0. The Bertz CT molecular complexity index is 1400. The van der Waals surface area contributed by atoms with E-state index in [1.54, 1.807) is 4.90 Å². The number of esters is 1. The minimum Gasteiger partial charge on any atom is -0.446 e. The Labute approximate surface area is 208 Å². The van der Waals surface area contributed by atoms with Gasteiger partial charge in [0.15, 0.2) is 11.0 Å². The van der Waals surface area contributed by atoms with Gasteiger partial charge in [-0.05, 0) is 36.6 Å². The molecule has 1 aliphatic heterocycles. The first-order chi connectivity index (χ1) is 17.1. The molecule has 1 saturated carbocycles. The van der Waals surface area contributed by atoms with Gasteiger partial charge in [-0.25, -0.2) is 0 Å². The second-order valence-electron chi connectivity index (χ2n) is 8.56. The van der Waals surface area contributed by atoms with Crippen LogP contribution in [0, 0.1) is 11.8 Å². The highest BCUT2D eigenvalue weighted by molar-refractivity contribution is 7.87. The summed E-state index contributed by atoms with van der Waals surface area (Å²) in [6.45, 7) is 0.351. The standard InChI is InChI=1S/C26H23NO8S/c28-21-15-22(36(32,33)34)25(31)26(21)35-24(30)12-6-5-11-23(29)27-16-19-9-2-1-7-17(19)13-14-18-8-3-4-10-20(18)27/h1-4,7-10,22,26H,5-6,11-12,15-16H2,(H,32,33,34). The largest absolute Gasteiger partial charge is 0.446 e. The molecule has 0 spiro atoms. The molecule has 2 atom stereocenters. The first-order valence-electron chi connectivity index (χ1n) is 11.4. The molecule has 1 aliphatic carbocycles. The number of Topliss-reactive ketones (excluding diaryl/α,β-unsaturated/α-hetero) is 2. The predicted molar refractivity (Wildman–Crippen MR) is 128 cm³/mol. The molecule has 36 heavy (non-hydrogen) atoms. The molecule has 10 heteroatoms. The van der Waals surface area contributed by atoms with Crippen molar-refractivity contribution >= 4 is 39.2 Å². The lowest BCUT2D eigenvalue weighted by Gasteiger charge is -2.26. The van der Waals surface area contributed by atoms with Gasteiger partial charge in [-0.2, -0.15) is 8.42 Å². The molecular weight excluding hydrogens is 486 g/mol. The van der Waals surface area contributed by atoms with Crippen LogP contribution in [0.4, 0.5) is 5.69 Å². The van der Waals surface area contributed by atoms with E-state index in [0.717, 1.165) is 16.7 Å². The second kappa shape index (κ2) is 10.4. The molecule has 2 aromatic carbocycles. The van der Waals surface area contributed by atoms with Crippen LogP contribution in [-0.2, 0) is 40.6 Å². The van der Waals surface area contributed by atoms with Gasteiger partial charge < -0.3 is 9.64 Å². The molecule has 1 N–H and O–H groups in total. The molecule has 2 aromatic rings. The maximum atomic E-state index is 13.2. The third-order valence-electron chi connectivity index (χ3n) is 6.06. The number of amides is 1. The second-order valence-corrected chi connectivity index (χ2v) is 10.2. The molecule has 9 nitrogen and oxygen atoms in total. The lowest BCUT2D eigenvalue weighted by molar-refractivity contribution is -0.157. The Morgan fingerprint density at radius 3 is 2.33 bits per heavy atom. The SMILES string of the molecule is O=C(CCCCC(=O)N1Cc2ccccc2C#Cc2ccccc21)OC1C(=O)CC(S(=O)(=O)O)C1=O. The molecule has 0 saturated heterocycles. The maximum Gasteiger partial charge on any atom is 0.306 e. The van der Waals surface area contributed by atoms with Gasteiger partial charge in [0.05, 0.1) is 12.2 Å². The van der Waals surface area contributed by atoms with Gasteiger partial charge >= 0.3 is 5.97 Å². The average Bonchev–Trinajstić information content (AvgIpc) is 3.12. The number of anilines is 1. The van der Waals surface area contributed by atoms with E-state index in [1.807, 2.05) is 48.5 Å². The molecule has 0 bridgehead atoms. The third kappa shape index (κ3) is 5.53. The summed E-state index contributed by atoms with van der Waals surface area (Å²) in [4.78, 5) is 50.9. The van der Waals surface area contributed by atoms with Crippen LogP contribution in [0.3, 0.4) is 0 Å². The molecule has 2 aliphatic rings. The minimum atomic E-state index is -4.75. The summed E-state index contributed by atoms with van der Waals surface area (Å²) in [5, 5.41) is -1.91. The van der Waals surface area contributed by atoms with Crippen molar-refractivity contribution in [2.75, 3.05) is 4.90 Å². The van der Waals surface area contributed by atoms with E-state index in [0.29, 0.717) is 18.7 Å². The fourth-order valence-electron chi connectivity index (χ4n) is 4.17. The van der Waals surface area contributed by atoms with E-state index in [9.17, 15) is 27.6 Å². The van der Waals surface area contributed by atoms with Crippen molar-refractivity contribution in [3.8, 4) is 11.8 Å². The first kappa shape index (κ1) is 25.3. The number of unbranched alkanes of at least 4 members (excludes halogenated alkanes) is 1. The quantitative estimate of drug-likeness (QED) is 0.197. The van der Waals surface area contributed by atoms with Crippen LogP contribution in [-0.4, -0.2) is 47.8 Å². The number of ether oxygens (including phenoxy) is 1. The Balaban J connectivity index is 1.34. The zero-order chi connectivity index (χ0) is 25.9. The molecule has 0 aromatic heterocycles. The molecule has 1 amide bonds. The number of carbonyl (C=O) groups is 4. The number of ketones is 2. The highest BCUT2D eigenvalue weighted by Gasteiger charge is 2.49. The van der Waals surface area contributed by atoms with Crippen molar-refractivity contribution in [2.45, 2.75) is 50.0 Å². The van der Waals surface area contributed by atoms with E-state index < -0.39 is 45.4 Å². The van der Waals surface area contributed by atoms with E-state index >= 15 is 0 Å². The van der Waals surface area contributed by atoms with Gasteiger partial charge in [0.2, 0.25) is 17.8 Å². The van der Waals surface area contributed by atoms with E-state index in [4.69, 9.17) is 9.29 Å². The van der Waals surface area contributed by atoms with Crippen LogP contribution in [0.15, 0.2) is 48.5 Å². The topological polar surface area (TPSA) is 135 Å². The number of hydrogen-bond donors (Lipinski definition) is 1. The Morgan fingerprint density at radius 2 is 1.61 bits per heavy atom. The fourth-order valence-corrected chi connectivity index (χ4v) is 4.96. The number of nitrogens with zero attached hydrogens (tertiary/aromatic N) is 1.